The molecular formula is C32H33NO5. The number of rotatable bonds is 8. The van der Waals surface area contributed by atoms with Gasteiger partial charge in [-0.1, -0.05) is 48.5 Å². The first kappa shape index (κ1) is 25.6. The largest absolute Gasteiger partial charge is 0.493 e. The number of benzene rings is 3. The third-order valence-electron chi connectivity index (χ3n) is 7.07. The molecule has 0 spiro atoms. The zero-order valence-corrected chi connectivity index (χ0v) is 22.0. The third kappa shape index (κ3) is 5.59. The highest BCUT2D eigenvalue weighted by atomic mass is 16.5. The van der Waals surface area contributed by atoms with Gasteiger partial charge in [0.25, 0.3) is 0 Å². The van der Waals surface area contributed by atoms with E-state index < -0.39 is 0 Å². The number of hydrogen-bond acceptors (Lipinski definition) is 5. The Bertz CT molecular complexity index is 1360. The Hall–Kier alpha value is -4.06. The average Bonchev–Trinajstić information content (AvgIpc) is 2.92. The highest BCUT2D eigenvalue weighted by Gasteiger charge is 2.38. The van der Waals surface area contributed by atoms with E-state index in [1.807, 2.05) is 86.6 Å². The molecule has 3 aromatic rings. The van der Waals surface area contributed by atoms with E-state index in [2.05, 4.69) is 5.32 Å². The van der Waals surface area contributed by atoms with Crippen LogP contribution in [-0.2, 0) is 16.2 Å². The molecule has 0 saturated heterocycles. The SMILES string of the molecule is COc1cc(C2CC(=O)C3=C(C2)NC(=O)CC3c2cccc(OCc3ccccc3)c2)ccc1OC(C)C. The predicted molar refractivity (Wildman–Crippen MR) is 145 cm³/mol. The van der Waals surface area contributed by atoms with Crippen LogP contribution in [0.15, 0.2) is 84.1 Å². The summed E-state index contributed by atoms with van der Waals surface area (Å²) in [7, 11) is 1.61. The van der Waals surface area contributed by atoms with Crippen molar-refractivity contribution in [1.82, 2.24) is 5.32 Å². The van der Waals surface area contributed by atoms with Crippen LogP contribution < -0.4 is 19.5 Å². The smallest absolute Gasteiger partial charge is 0.225 e. The summed E-state index contributed by atoms with van der Waals surface area (Å²) in [6, 6.07) is 23.5. The molecule has 2 unspecified atom stereocenters. The van der Waals surface area contributed by atoms with Gasteiger partial charge < -0.3 is 19.5 Å². The van der Waals surface area contributed by atoms with Gasteiger partial charge in [0, 0.05) is 30.0 Å². The number of methoxy groups -OCH3 is 1. The van der Waals surface area contributed by atoms with E-state index in [0.717, 1.165) is 28.1 Å². The van der Waals surface area contributed by atoms with Crippen LogP contribution in [0.4, 0.5) is 0 Å². The molecule has 2 atom stereocenters. The number of Topliss-reactive ketones (excluding diaryl/α,β-unsaturated/α-hetero) is 1. The van der Waals surface area contributed by atoms with Crippen LogP contribution in [0.5, 0.6) is 17.2 Å². The summed E-state index contributed by atoms with van der Waals surface area (Å²) in [5.41, 5.74) is 4.43. The van der Waals surface area contributed by atoms with Gasteiger partial charge in [0.1, 0.15) is 12.4 Å². The Labute approximate surface area is 223 Å². The van der Waals surface area contributed by atoms with Crippen LogP contribution in [0, 0.1) is 0 Å². The number of nitrogens with one attached hydrogen (secondary N) is 1. The van der Waals surface area contributed by atoms with Gasteiger partial charge in [0.05, 0.1) is 13.2 Å². The van der Waals surface area contributed by atoms with Gasteiger partial charge in [0.2, 0.25) is 5.91 Å². The van der Waals surface area contributed by atoms with E-state index in [1.54, 1.807) is 7.11 Å². The lowest BCUT2D eigenvalue weighted by Crippen LogP contribution is -2.38. The molecule has 6 nitrogen and oxygen atoms in total. The molecule has 0 aromatic heterocycles. The Morgan fingerprint density at radius 2 is 1.68 bits per heavy atom. The second kappa shape index (κ2) is 11.1. The molecule has 0 bridgehead atoms. The molecule has 1 heterocycles. The van der Waals surface area contributed by atoms with Crippen LogP contribution in [-0.4, -0.2) is 24.9 Å². The minimum atomic E-state index is -0.288. The van der Waals surface area contributed by atoms with E-state index >= 15 is 0 Å². The first-order valence-electron chi connectivity index (χ1n) is 13.1. The van der Waals surface area contributed by atoms with Crippen molar-refractivity contribution in [2.24, 2.45) is 0 Å². The molecule has 1 aliphatic heterocycles. The number of carbonyl (C=O) groups is 2. The van der Waals surface area contributed by atoms with E-state index in [0.29, 0.717) is 36.5 Å². The van der Waals surface area contributed by atoms with E-state index in [9.17, 15) is 9.59 Å². The maximum absolute atomic E-state index is 13.6. The Kier molecular flexibility index (Phi) is 7.50. The second-order valence-electron chi connectivity index (χ2n) is 10.1. The van der Waals surface area contributed by atoms with Crippen molar-refractivity contribution >= 4 is 11.7 Å². The van der Waals surface area contributed by atoms with Crippen LogP contribution in [0.25, 0.3) is 0 Å². The summed E-state index contributed by atoms with van der Waals surface area (Å²) < 4.78 is 17.4. The average molecular weight is 512 g/mol. The van der Waals surface area contributed by atoms with E-state index in [-0.39, 0.29) is 36.1 Å². The highest BCUT2D eigenvalue weighted by molar-refractivity contribution is 6.02. The molecule has 0 saturated carbocycles. The fourth-order valence-electron chi connectivity index (χ4n) is 5.33. The number of allylic oxidation sites excluding steroid dienone is 2. The molecule has 0 fully saturated rings. The molecule has 5 rings (SSSR count). The fraction of sp³-hybridized carbons (Fsp3) is 0.312. The molecule has 196 valence electrons. The van der Waals surface area contributed by atoms with E-state index in [1.165, 1.54) is 0 Å². The number of ether oxygens (including phenoxy) is 3. The normalized spacial score (nSPS) is 19.2. The van der Waals surface area contributed by atoms with Crippen LogP contribution >= 0.6 is 0 Å². The molecule has 1 aliphatic carbocycles. The van der Waals surface area contributed by atoms with Gasteiger partial charge in [-0.3, -0.25) is 9.59 Å². The molecule has 38 heavy (non-hydrogen) atoms. The highest BCUT2D eigenvalue weighted by Crippen LogP contribution is 2.44. The van der Waals surface area contributed by atoms with Crippen molar-refractivity contribution < 1.29 is 23.8 Å². The van der Waals surface area contributed by atoms with Crippen molar-refractivity contribution in [3.8, 4) is 17.2 Å². The molecule has 6 heteroatoms. The van der Waals surface area contributed by atoms with Crippen LogP contribution in [0.1, 0.15) is 61.6 Å². The van der Waals surface area contributed by atoms with Gasteiger partial charge >= 0.3 is 0 Å². The molecule has 3 aromatic carbocycles. The quantitative estimate of drug-likeness (QED) is 0.398. The minimum absolute atomic E-state index is 0.0235. The van der Waals surface area contributed by atoms with Crippen LogP contribution in [0.2, 0.25) is 0 Å². The number of carbonyl (C=O) groups excluding carboxylic acids is 2. The lowest BCUT2D eigenvalue weighted by molar-refractivity contribution is -0.122. The molecule has 1 N–H and O–H groups in total. The minimum Gasteiger partial charge on any atom is -0.493 e. The Morgan fingerprint density at radius 1 is 0.868 bits per heavy atom. The molecule has 2 aliphatic rings. The van der Waals surface area contributed by atoms with Crippen molar-refractivity contribution in [3.05, 3.63) is 101 Å². The molecule has 1 amide bonds. The van der Waals surface area contributed by atoms with Gasteiger partial charge in [-0.05, 0) is 67.1 Å². The van der Waals surface area contributed by atoms with Gasteiger partial charge in [0.15, 0.2) is 17.3 Å². The second-order valence-corrected chi connectivity index (χ2v) is 10.1. The summed E-state index contributed by atoms with van der Waals surface area (Å²) in [5.74, 6) is 1.69. The lowest BCUT2D eigenvalue weighted by atomic mass is 9.73. The zero-order chi connectivity index (χ0) is 26.6. The number of ketones is 1. The first-order valence-corrected chi connectivity index (χ1v) is 13.1. The fourth-order valence-corrected chi connectivity index (χ4v) is 5.33. The zero-order valence-electron chi connectivity index (χ0n) is 22.0. The first-order chi connectivity index (χ1) is 18.4. The lowest BCUT2D eigenvalue weighted by Gasteiger charge is -2.34. The standard InChI is InChI=1S/C32H33NO5/c1-20(2)38-29-13-12-22(17-30(29)36-3)24-15-27-32(28(34)16-24)26(18-31(35)33-27)23-10-7-11-25(14-23)37-19-21-8-5-4-6-9-21/h4-14,17,20,24,26H,15-16,18-19H2,1-3H3,(H,33,35). The van der Waals surface area contributed by atoms with E-state index in [4.69, 9.17) is 14.2 Å². The van der Waals surface area contributed by atoms with Gasteiger partial charge in [-0.25, -0.2) is 0 Å². The van der Waals surface area contributed by atoms with Gasteiger partial charge in [-0.15, -0.1) is 0 Å². The predicted octanol–water partition coefficient (Wildman–Crippen LogP) is 6.07. The topological polar surface area (TPSA) is 73.9 Å². The molecule has 0 radical (unpaired) electrons. The van der Waals surface area contributed by atoms with Crippen LogP contribution in [0.3, 0.4) is 0 Å². The van der Waals surface area contributed by atoms with Crippen molar-refractivity contribution in [1.29, 1.82) is 0 Å². The summed E-state index contributed by atoms with van der Waals surface area (Å²) in [5, 5.41) is 3.01. The van der Waals surface area contributed by atoms with Crippen molar-refractivity contribution in [2.45, 2.75) is 57.7 Å². The maximum atomic E-state index is 13.6. The summed E-state index contributed by atoms with van der Waals surface area (Å²) in [6.07, 6.45) is 1.23. The summed E-state index contributed by atoms with van der Waals surface area (Å²) in [4.78, 5) is 26.3. The Balaban J connectivity index is 1.39. The maximum Gasteiger partial charge on any atom is 0.225 e. The third-order valence-corrected chi connectivity index (χ3v) is 7.07. The van der Waals surface area contributed by atoms with Gasteiger partial charge in [-0.2, -0.15) is 0 Å². The monoisotopic (exact) mass is 511 g/mol. The van der Waals surface area contributed by atoms with Crippen molar-refractivity contribution in [3.63, 3.8) is 0 Å². The number of amides is 1. The number of hydrogen-bond donors (Lipinski definition) is 1. The summed E-state index contributed by atoms with van der Waals surface area (Å²) in [6.45, 7) is 4.39. The summed E-state index contributed by atoms with van der Waals surface area (Å²) >= 11 is 0. The molecular weight excluding hydrogens is 478 g/mol. The Morgan fingerprint density at radius 3 is 2.45 bits per heavy atom. The van der Waals surface area contributed by atoms with Crippen molar-refractivity contribution in [2.75, 3.05) is 7.11 Å².